The topological polar surface area (TPSA) is 75.5 Å². The van der Waals surface area contributed by atoms with Crippen molar-refractivity contribution in [3.63, 3.8) is 0 Å². The van der Waals surface area contributed by atoms with E-state index in [0.29, 0.717) is 12.5 Å². The van der Waals surface area contributed by atoms with Crippen LogP contribution < -0.4 is 10.2 Å². The average Bonchev–Trinajstić information content (AvgIpc) is 2.85. The molecular weight excluding hydrogens is 424 g/mol. The second-order valence-corrected chi connectivity index (χ2v) is 9.53. The number of nitriles is 1. The first-order valence-corrected chi connectivity index (χ1v) is 12.5. The Morgan fingerprint density at radius 1 is 1.09 bits per heavy atom. The van der Waals surface area contributed by atoms with Crippen LogP contribution in [-0.4, -0.2) is 72.5 Å². The van der Waals surface area contributed by atoms with E-state index in [0.717, 1.165) is 87.6 Å². The molecule has 1 amide bonds. The quantitative estimate of drug-likeness (QED) is 0.681. The van der Waals surface area contributed by atoms with Crippen LogP contribution in [0, 0.1) is 25.2 Å². The molecule has 2 fully saturated rings. The fourth-order valence-electron chi connectivity index (χ4n) is 4.88. The smallest absolute Gasteiger partial charge is 0.222 e. The van der Waals surface area contributed by atoms with Crippen molar-refractivity contribution in [2.45, 2.75) is 45.6 Å². The number of carbonyl (C=O) groups excluding carboxylic acids is 1. The maximum Gasteiger partial charge on any atom is 0.222 e. The van der Waals surface area contributed by atoms with Gasteiger partial charge in [-0.1, -0.05) is 0 Å². The van der Waals surface area contributed by atoms with Crippen LogP contribution in [0.3, 0.4) is 0 Å². The first kappa shape index (κ1) is 24.0. The maximum absolute atomic E-state index is 12.7. The number of aryl methyl sites for hydroxylation is 2. The monoisotopic (exact) mass is 460 g/mol. The molecule has 1 N–H and O–H groups in total. The molecule has 0 atom stereocenters. The van der Waals surface area contributed by atoms with Crippen molar-refractivity contribution < 1.29 is 4.79 Å². The van der Waals surface area contributed by atoms with Crippen LogP contribution in [0.1, 0.15) is 42.5 Å². The van der Waals surface area contributed by atoms with Gasteiger partial charge in [0.2, 0.25) is 5.91 Å². The molecule has 34 heavy (non-hydrogen) atoms. The number of carbonyl (C=O) groups is 1. The molecular formula is C27H36N6O. The third-order valence-electron chi connectivity index (χ3n) is 7.06. The number of piperazine rings is 1. The standard InChI is InChI=1S/C27H36N6O/c1-21-18-25(7-6-23(21)19-28)30-24-9-12-33(13-10-24)27(34)4-3-11-31-14-16-32(17-15-31)26-8-5-22(2)29-20-26/h5-8,18,20,24,30H,3-4,9-17H2,1-2H3. The molecule has 0 saturated carbocycles. The largest absolute Gasteiger partial charge is 0.382 e. The van der Waals surface area contributed by atoms with Gasteiger partial charge in [0.1, 0.15) is 0 Å². The Morgan fingerprint density at radius 3 is 2.50 bits per heavy atom. The van der Waals surface area contributed by atoms with Crippen molar-refractivity contribution in [2.75, 3.05) is 56.0 Å². The van der Waals surface area contributed by atoms with Crippen molar-refractivity contribution in [1.29, 1.82) is 5.26 Å². The van der Waals surface area contributed by atoms with Crippen LogP contribution in [0.4, 0.5) is 11.4 Å². The summed E-state index contributed by atoms with van der Waals surface area (Å²) in [5.74, 6) is 0.289. The Labute approximate surface area is 203 Å². The third-order valence-corrected chi connectivity index (χ3v) is 7.06. The molecule has 7 nitrogen and oxygen atoms in total. The van der Waals surface area contributed by atoms with E-state index >= 15 is 0 Å². The molecule has 1 aromatic heterocycles. The number of rotatable bonds is 7. The number of pyridine rings is 1. The summed E-state index contributed by atoms with van der Waals surface area (Å²) in [4.78, 5) is 24.0. The molecule has 2 aliphatic rings. The van der Waals surface area contributed by atoms with Gasteiger partial charge in [0.25, 0.3) is 0 Å². The zero-order valence-electron chi connectivity index (χ0n) is 20.5. The molecule has 0 aliphatic carbocycles. The van der Waals surface area contributed by atoms with Crippen LogP contribution in [0.15, 0.2) is 36.5 Å². The number of aromatic nitrogens is 1. The lowest BCUT2D eigenvalue weighted by molar-refractivity contribution is -0.132. The van der Waals surface area contributed by atoms with Crippen molar-refractivity contribution in [3.05, 3.63) is 53.3 Å². The van der Waals surface area contributed by atoms with E-state index in [4.69, 9.17) is 5.26 Å². The summed E-state index contributed by atoms with van der Waals surface area (Å²) >= 11 is 0. The van der Waals surface area contributed by atoms with Crippen LogP contribution in [0.5, 0.6) is 0 Å². The van der Waals surface area contributed by atoms with Gasteiger partial charge in [-0.05, 0) is 75.5 Å². The Bertz CT molecular complexity index is 999. The van der Waals surface area contributed by atoms with Gasteiger partial charge in [-0.2, -0.15) is 5.26 Å². The highest BCUT2D eigenvalue weighted by atomic mass is 16.2. The van der Waals surface area contributed by atoms with Gasteiger partial charge in [0.05, 0.1) is 23.5 Å². The normalized spacial score (nSPS) is 17.4. The van der Waals surface area contributed by atoms with Gasteiger partial charge in [-0.3, -0.25) is 14.7 Å². The van der Waals surface area contributed by atoms with Gasteiger partial charge >= 0.3 is 0 Å². The molecule has 1 aromatic carbocycles. The molecule has 3 heterocycles. The summed E-state index contributed by atoms with van der Waals surface area (Å²) in [6.07, 6.45) is 5.44. The van der Waals surface area contributed by atoms with Crippen LogP contribution in [0.25, 0.3) is 0 Å². The summed E-state index contributed by atoms with van der Waals surface area (Å²) in [6, 6.07) is 12.7. The third kappa shape index (κ3) is 6.27. The first-order valence-electron chi connectivity index (χ1n) is 12.5. The summed E-state index contributed by atoms with van der Waals surface area (Å²) in [5.41, 5.74) is 5.02. The minimum absolute atomic E-state index is 0.289. The molecule has 7 heteroatoms. The minimum atomic E-state index is 0.289. The van der Waals surface area contributed by atoms with Crippen molar-refractivity contribution in [2.24, 2.45) is 0 Å². The van der Waals surface area contributed by atoms with E-state index in [1.165, 1.54) is 5.69 Å². The van der Waals surface area contributed by atoms with Gasteiger partial charge in [0, 0.05) is 63.1 Å². The summed E-state index contributed by atoms with van der Waals surface area (Å²) in [7, 11) is 0. The molecule has 0 radical (unpaired) electrons. The molecule has 2 saturated heterocycles. The summed E-state index contributed by atoms with van der Waals surface area (Å²) in [6.45, 7) is 10.7. The Balaban J connectivity index is 1.12. The lowest BCUT2D eigenvalue weighted by Gasteiger charge is -2.36. The number of amides is 1. The summed E-state index contributed by atoms with van der Waals surface area (Å²) in [5, 5.41) is 12.7. The Hall–Kier alpha value is -3.11. The molecule has 2 aromatic rings. The molecule has 0 unspecified atom stereocenters. The predicted molar refractivity (Wildman–Crippen MR) is 136 cm³/mol. The van der Waals surface area contributed by atoms with Crippen molar-refractivity contribution in [1.82, 2.24) is 14.8 Å². The van der Waals surface area contributed by atoms with Crippen LogP contribution >= 0.6 is 0 Å². The molecule has 2 aliphatic heterocycles. The van der Waals surface area contributed by atoms with E-state index in [1.807, 2.05) is 43.1 Å². The van der Waals surface area contributed by atoms with Crippen LogP contribution in [-0.2, 0) is 4.79 Å². The van der Waals surface area contributed by atoms with E-state index in [1.54, 1.807) is 0 Å². The van der Waals surface area contributed by atoms with Crippen molar-refractivity contribution in [3.8, 4) is 6.07 Å². The second-order valence-electron chi connectivity index (χ2n) is 9.53. The van der Waals surface area contributed by atoms with E-state index in [9.17, 15) is 4.79 Å². The minimum Gasteiger partial charge on any atom is -0.382 e. The molecule has 4 rings (SSSR count). The first-order chi connectivity index (χ1) is 16.5. The number of hydrogen-bond acceptors (Lipinski definition) is 6. The predicted octanol–water partition coefficient (Wildman–Crippen LogP) is 3.58. The second kappa shape index (κ2) is 11.3. The fourth-order valence-corrected chi connectivity index (χ4v) is 4.88. The average molecular weight is 461 g/mol. The van der Waals surface area contributed by atoms with Gasteiger partial charge < -0.3 is 15.1 Å². The fraction of sp³-hybridized carbons (Fsp3) is 0.519. The lowest BCUT2D eigenvalue weighted by Crippen LogP contribution is -2.47. The summed E-state index contributed by atoms with van der Waals surface area (Å²) < 4.78 is 0. The van der Waals surface area contributed by atoms with E-state index in [2.05, 4.69) is 38.3 Å². The highest BCUT2D eigenvalue weighted by Crippen LogP contribution is 2.20. The van der Waals surface area contributed by atoms with E-state index < -0.39 is 0 Å². The Kier molecular flexibility index (Phi) is 8.02. The van der Waals surface area contributed by atoms with Gasteiger partial charge in [0.15, 0.2) is 0 Å². The zero-order chi connectivity index (χ0) is 23.9. The highest BCUT2D eigenvalue weighted by Gasteiger charge is 2.23. The Morgan fingerprint density at radius 2 is 1.85 bits per heavy atom. The number of likely N-dealkylation sites (tertiary alicyclic amines) is 1. The van der Waals surface area contributed by atoms with Gasteiger partial charge in [-0.15, -0.1) is 0 Å². The number of nitrogens with one attached hydrogen (secondary N) is 1. The molecule has 0 spiro atoms. The lowest BCUT2D eigenvalue weighted by atomic mass is 10.0. The van der Waals surface area contributed by atoms with Crippen LogP contribution in [0.2, 0.25) is 0 Å². The number of nitrogens with zero attached hydrogens (tertiary/aromatic N) is 5. The maximum atomic E-state index is 12.7. The number of hydrogen-bond donors (Lipinski definition) is 1. The van der Waals surface area contributed by atoms with Crippen molar-refractivity contribution >= 4 is 17.3 Å². The number of anilines is 2. The zero-order valence-corrected chi connectivity index (χ0v) is 20.5. The number of piperidine rings is 1. The van der Waals surface area contributed by atoms with E-state index in [-0.39, 0.29) is 5.91 Å². The number of benzene rings is 1. The van der Waals surface area contributed by atoms with Gasteiger partial charge in [-0.25, -0.2) is 0 Å². The molecule has 180 valence electrons. The SMILES string of the molecule is Cc1ccc(N2CCN(CCCC(=O)N3CCC(Nc4ccc(C#N)c(C)c4)CC3)CC2)cn1. The highest BCUT2D eigenvalue weighted by molar-refractivity contribution is 5.76. The molecule has 0 bridgehead atoms.